The van der Waals surface area contributed by atoms with Gasteiger partial charge in [0.25, 0.3) is 5.91 Å². The lowest BCUT2D eigenvalue weighted by Crippen LogP contribution is -2.45. The molecule has 1 heterocycles. The molecule has 2 atom stereocenters. The van der Waals surface area contributed by atoms with E-state index in [1.165, 1.54) is 0 Å². The highest BCUT2D eigenvalue weighted by Gasteiger charge is 2.25. The van der Waals surface area contributed by atoms with Crippen LogP contribution in [0.3, 0.4) is 0 Å². The number of aryl methyl sites for hydroxylation is 1. The van der Waals surface area contributed by atoms with Gasteiger partial charge in [-0.2, -0.15) is 0 Å². The van der Waals surface area contributed by atoms with Crippen molar-refractivity contribution in [1.29, 1.82) is 0 Å². The van der Waals surface area contributed by atoms with E-state index in [2.05, 4.69) is 10.3 Å². The summed E-state index contributed by atoms with van der Waals surface area (Å²) < 4.78 is 0. The van der Waals surface area contributed by atoms with Crippen LogP contribution < -0.4 is 5.32 Å². The Morgan fingerprint density at radius 3 is 2.70 bits per heavy atom. The van der Waals surface area contributed by atoms with Crippen molar-refractivity contribution < 1.29 is 14.7 Å². The van der Waals surface area contributed by atoms with E-state index in [0.717, 1.165) is 16.3 Å². The summed E-state index contributed by atoms with van der Waals surface area (Å²) in [5.41, 5.74) is 2.10. The van der Waals surface area contributed by atoms with E-state index in [-0.39, 0.29) is 11.8 Å². The molecule has 122 valence electrons. The fourth-order valence-electron chi connectivity index (χ4n) is 2.22. The number of hydrogen-bond donors (Lipinski definition) is 2. The molecule has 0 spiro atoms. The zero-order valence-corrected chi connectivity index (χ0v) is 14.2. The molecule has 1 aromatic heterocycles. The number of aliphatic carboxylic acids is 1. The minimum Gasteiger partial charge on any atom is -0.480 e. The lowest BCUT2D eigenvalue weighted by Gasteiger charge is -2.20. The van der Waals surface area contributed by atoms with Crippen molar-refractivity contribution >= 4 is 23.2 Å². The van der Waals surface area contributed by atoms with E-state index in [0.29, 0.717) is 12.0 Å². The number of hydrogen-bond acceptors (Lipinski definition) is 4. The molecule has 0 saturated heterocycles. The summed E-state index contributed by atoms with van der Waals surface area (Å²) in [6.45, 7) is 5.64. The second-order valence-electron chi connectivity index (χ2n) is 5.51. The molecule has 0 saturated carbocycles. The van der Waals surface area contributed by atoms with Crippen molar-refractivity contribution in [3.63, 3.8) is 0 Å². The maximum absolute atomic E-state index is 12.4. The molecule has 2 N–H and O–H groups in total. The van der Waals surface area contributed by atoms with E-state index in [1.807, 2.05) is 32.2 Å². The summed E-state index contributed by atoms with van der Waals surface area (Å²) in [5.74, 6) is -1.54. The Balaban J connectivity index is 2.21. The predicted molar refractivity (Wildman–Crippen MR) is 90.6 cm³/mol. The number of rotatable bonds is 6. The molecular weight excluding hydrogens is 312 g/mol. The van der Waals surface area contributed by atoms with E-state index in [1.54, 1.807) is 29.5 Å². The van der Waals surface area contributed by atoms with Crippen LogP contribution in [0.1, 0.15) is 35.6 Å². The first-order chi connectivity index (χ1) is 10.9. The number of aromatic nitrogens is 1. The largest absolute Gasteiger partial charge is 0.480 e. The van der Waals surface area contributed by atoms with Gasteiger partial charge < -0.3 is 10.4 Å². The highest BCUT2D eigenvalue weighted by molar-refractivity contribution is 7.09. The third kappa shape index (κ3) is 4.16. The van der Waals surface area contributed by atoms with Crippen molar-refractivity contribution in [3.8, 4) is 11.3 Å². The quantitative estimate of drug-likeness (QED) is 0.850. The number of nitrogens with one attached hydrogen (secondary N) is 1. The molecule has 0 aliphatic heterocycles. The monoisotopic (exact) mass is 332 g/mol. The summed E-state index contributed by atoms with van der Waals surface area (Å²) in [6.07, 6.45) is 0.676. The highest BCUT2D eigenvalue weighted by atomic mass is 32.1. The van der Waals surface area contributed by atoms with Crippen molar-refractivity contribution in [1.82, 2.24) is 10.3 Å². The third-order valence-electron chi connectivity index (χ3n) is 3.81. The predicted octanol–water partition coefficient (Wildman–Crippen LogP) is 3.35. The fraction of sp³-hybridized carbons (Fsp3) is 0.353. The van der Waals surface area contributed by atoms with Gasteiger partial charge in [-0.05, 0) is 25.0 Å². The Morgan fingerprint density at radius 2 is 2.13 bits per heavy atom. The van der Waals surface area contributed by atoms with Crippen LogP contribution in [-0.4, -0.2) is 28.0 Å². The molecule has 1 amide bonds. The molecule has 2 aromatic rings. The second-order valence-corrected chi connectivity index (χ2v) is 6.57. The molecule has 2 unspecified atom stereocenters. The number of amides is 1. The fourth-order valence-corrected chi connectivity index (χ4v) is 2.85. The van der Waals surface area contributed by atoms with E-state index in [4.69, 9.17) is 0 Å². The number of thiazole rings is 1. The lowest BCUT2D eigenvalue weighted by molar-refractivity contribution is -0.140. The Hall–Kier alpha value is -2.21. The van der Waals surface area contributed by atoms with Crippen LogP contribution in [0.2, 0.25) is 0 Å². The Bertz CT molecular complexity index is 711. The van der Waals surface area contributed by atoms with Crippen LogP contribution in [0.25, 0.3) is 11.3 Å². The number of carbonyl (C=O) groups is 2. The van der Waals surface area contributed by atoms with Gasteiger partial charge in [0.05, 0.1) is 10.7 Å². The van der Waals surface area contributed by atoms with Crippen LogP contribution in [0.5, 0.6) is 0 Å². The van der Waals surface area contributed by atoms with Gasteiger partial charge >= 0.3 is 5.97 Å². The molecule has 0 aliphatic rings. The van der Waals surface area contributed by atoms with Gasteiger partial charge in [0.2, 0.25) is 0 Å². The number of benzene rings is 1. The van der Waals surface area contributed by atoms with Crippen LogP contribution in [0, 0.1) is 12.8 Å². The van der Waals surface area contributed by atoms with Crippen LogP contribution in [0.15, 0.2) is 29.6 Å². The minimum absolute atomic E-state index is 0.138. The van der Waals surface area contributed by atoms with E-state index in [9.17, 15) is 14.7 Å². The summed E-state index contributed by atoms with van der Waals surface area (Å²) >= 11 is 1.55. The molecule has 1 aromatic carbocycles. The van der Waals surface area contributed by atoms with Crippen LogP contribution in [-0.2, 0) is 4.79 Å². The number of nitrogens with zero attached hydrogens (tertiary/aromatic N) is 1. The molecule has 0 fully saturated rings. The van der Waals surface area contributed by atoms with Crippen molar-refractivity contribution in [2.24, 2.45) is 5.92 Å². The summed E-state index contributed by atoms with van der Waals surface area (Å²) in [6, 6.07) is 6.18. The molecule has 5 nitrogen and oxygen atoms in total. The van der Waals surface area contributed by atoms with Gasteiger partial charge in [0.15, 0.2) is 0 Å². The van der Waals surface area contributed by atoms with Crippen LogP contribution in [0.4, 0.5) is 0 Å². The average Bonchev–Trinajstić information content (AvgIpc) is 2.98. The lowest BCUT2D eigenvalue weighted by atomic mass is 9.98. The average molecular weight is 332 g/mol. The zero-order valence-electron chi connectivity index (χ0n) is 13.4. The first-order valence-corrected chi connectivity index (χ1v) is 8.36. The van der Waals surface area contributed by atoms with E-state index >= 15 is 0 Å². The second kappa shape index (κ2) is 7.37. The van der Waals surface area contributed by atoms with Gasteiger partial charge in [-0.3, -0.25) is 4.79 Å². The maximum Gasteiger partial charge on any atom is 0.326 e. The summed E-state index contributed by atoms with van der Waals surface area (Å²) in [4.78, 5) is 28.1. The highest BCUT2D eigenvalue weighted by Crippen LogP contribution is 2.22. The smallest absolute Gasteiger partial charge is 0.326 e. The van der Waals surface area contributed by atoms with Crippen molar-refractivity contribution in [3.05, 3.63) is 40.2 Å². The Morgan fingerprint density at radius 1 is 1.39 bits per heavy atom. The molecule has 6 heteroatoms. The summed E-state index contributed by atoms with van der Waals surface area (Å²) in [5, 5.41) is 14.8. The first-order valence-electron chi connectivity index (χ1n) is 7.48. The van der Waals surface area contributed by atoms with Crippen molar-refractivity contribution in [2.45, 2.75) is 33.2 Å². The number of carbonyl (C=O) groups excluding carboxylic acids is 1. The molecule has 0 aliphatic carbocycles. The standard InChI is InChI=1S/C17H20N2O3S/c1-4-10(2)15(17(21)22)19-16(20)13-7-5-6-12(8-13)14-9-23-11(3)18-14/h5-10,15H,4H2,1-3H3,(H,19,20)(H,21,22). The minimum atomic E-state index is -1.01. The van der Waals surface area contributed by atoms with Gasteiger partial charge in [-0.1, -0.05) is 32.4 Å². The van der Waals surface area contributed by atoms with Gasteiger partial charge in [0.1, 0.15) is 6.04 Å². The molecule has 23 heavy (non-hydrogen) atoms. The molecular formula is C17H20N2O3S. The molecule has 0 bridgehead atoms. The first kappa shape index (κ1) is 17.1. The zero-order chi connectivity index (χ0) is 17.0. The van der Waals surface area contributed by atoms with Gasteiger partial charge in [-0.15, -0.1) is 11.3 Å². The Kier molecular flexibility index (Phi) is 5.50. The number of carboxylic acids is 1. The maximum atomic E-state index is 12.4. The Labute approximate surface area is 139 Å². The summed E-state index contributed by atoms with van der Waals surface area (Å²) in [7, 11) is 0. The number of carboxylic acid groups (broad SMARTS) is 1. The van der Waals surface area contributed by atoms with Crippen LogP contribution >= 0.6 is 11.3 Å². The normalized spacial score (nSPS) is 13.3. The van der Waals surface area contributed by atoms with Crippen molar-refractivity contribution in [2.75, 3.05) is 0 Å². The van der Waals surface area contributed by atoms with E-state index < -0.39 is 12.0 Å². The topological polar surface area (TPSA) is 79.3 Å². The van der Waals surface area contributed by atoms with Gasteiger partial charge in [-0.25, -0.2) is 9.78 Å². The molecule has 2 rings (SSSR count). The SMILES string of the molecule is CCC(C)C(NC(=O)c1cccc(-c2csc(C)n2)c1)C(=O)O. The third-order valence-corrected chi connectivity index (χ3v) is 4.58. The van der Waals surface area contributed by atoms with Gasteiger partial charge in [0, 0.05) is 16.5 Å². The molecule has 0 radical (unpaired) electrons.